The molecule has 1 amide bonds. The molecule has 0 spiro atoms. The number of carbonyl (C=O) groups excluding carboxylic acids is 1. The second kappa shape index (κ2) is 8.59. The number of amides is 1. The standard InChI is InChI=1S/C22H28N6O/c1-15(2)19-26-20(23-12-13-24-22(29)16-8-6-7-9-16)18-14-25-28(21(18)27-19)17-10-4-3-5-11-17/h3-5,10-11,14-16H,6-9,12-13H2,1-2H3,(H,24,29)(H,23,26,27). The van der Waals surface area contributed by atoms with Gasteiger partial charge in [-0.3, -0.25) is 4.79 Å². The van der Waals surface area contributed by atoms with Gasteiger partial charge in [0.25, 0.3) is 0 Å². The number of carbonyl (C=O) groups is 1. The number of para-hydroxylation sites is 1. The van der Waals surface area contributed by atoms with Gasteiger partial charge < -0.3 is 10.6 Å². The molecule has 3 aromatic rings. The highest BCUT2D eigenvalue weighted by Crippen LogP contribution is 2.26. The summed E-state index contributed by atoms with van der Waals surface area (Å²) in [5, 5.41) is 11.8. The van der Waals surface area contributed by atoms with Gasteiger partial charge in [-0.1, -0.05) is 44.9 Å². The highest BCUT2D eigenvalue weighted by molar-refractivity contribution is 5.87. The molecule has 2 heterocycles. The summed E-state index contributed by atoms with van der Waals surface area (Å²) in [4.78, 5) is 21.7. The number of hydrogen-bond acceptors (Lipinski definition) is 5. The monoisotopic (exact) mass is 392 g/mol. The van der Waals surface area contributed by atoms with Crippen LogP contribution in [0.15, 0.2) is 36.5 Å². The molecule has 0 aliphatic heterocycles. The third-order valence-electron chi connectivity index (χ3n) is 5.41. The van der Waals surface area contributed by atoms with Crippen molar-refractivity contribution >= 4 is 22.8 Å². The van der Waals surface area contributed by atoms with Gasteiger partial charge in [0.2, 0.25) is 5.91 Å². The fourth-order valence-corrected chi connectivity index (χ4v) is 3.77. The predicted molar refractivity (Wildman–Crippen MR) is 114 cm³/mol. The lowest BCUT2D eigenvalue weighted by Gasteiger charge is -2.13. The molecular formula is C22H28N6O. The van der Waals surface area contributed by atoms with Crippen LogP contribution in [0.1, 0.15) is 51.3 Å². The average molecular weight is 393 g/mol. The van der Waals surface area contributed by atoms with Crippen molar-refractivity contribution < 1.29 is 4.79 Å². The molecule has 152 valence electrons. The van der Waals surface area contributed by atoms with Crippen molar-refractivity contribution in [1.29, 1.82) is 0 Å². The Labute approximate surface area is 170 Å². The molecule has 29 heavy (non-hydrogen) atoms. The zero-order chi connectivity index (χ0) is 20.2. The van der Waals surface area contributed by atoms with E-state index in [0.717, 1.165) is 41.2 Å². The number of fused-ring (bicyclic) bond motifs is 1. The molecule has 1 aliphatic carbocycles. The SMILES string of the molecule is CC(C)c1nc(NCCNC(=O)C2CCCC2)c2cnn(-c3ccccc3)c2n1. The summed E-state index contributed by atoms with van der Waals surface area (Å²) in [5.74, 6) is 2.10. The number of nitrogens with zero attached hydrogens (tertiary/aromatic N) is 4. The largest absolute Gasteiger partial charge is 0.368 e. The summed E-state index contributed by atoms with van der Waals surface area (Å²) >= 11 is 0. The van der Waals surface area contributed by atoms with E-state index in [4.69, 9.17) is 9.97 Å². The summed E-state index contributed by atoms with van der Waals surface area (Å²) < 4.78 is 1.84. The fourth-order valence-electron chi connectivity index (χ4n) is 3.77. The van der Waals surface area contributed by atoms with E-state index in [0.29, 0.717) is 13.1 Å². The van der Waals surface area contributed by atoms with Crippen molar-refractivity contribution in [3.8, 4) is 5.69 Å². The lowest BCUT2D eigenvalue weighted by molar-refractivity contribution is -0.124. The van der Waals surface area contributed by atoms with Gasteiger partial charge in [0, 0.05) is 24.9 Å². The lowest BCUT2D eigenvalue weighted by Crippen LogP contribution is -2.33. The maximum Gasteiger partial charge on any atom is 0.223 e. The van der Waals surface area contributed by atoms with E-state index in [1.165, 1.54) is 12.8 Å². The molecule has 7 heteroatoms. The first-order valence-electron chi connectivity index (χ1n) is 10.5. The maximum absolute atomic E-state index is 12.2. The van der Waals surface area contributed by atoms with Crippen molar-refractivity contribution in [3.05, 3.63) is 42.4 Å². The number of aromatic nitrogens is 4. The quantitative estimate of drug-likeness (QED) is 0.600. The summed E-state index contributed by atoms with van der Waals surface area (Å²) in [6, 6.07) is 9.97. The minimum absolute atomic E-state index is 0.178. The third-order valence-corrected chi connectivity index (χ3v) is 5.41. The topological polar surface area (TPSA) is 84.7 Å². The summed E-state index contributed by atoms with van der Waals surface area (Å²) in [7, 11) is 0. The fraction of sp³-hybridized carbons (Fsp3) is 0.455. The van der Waals surface area contributed by atoms with E-state index in [1.807, 2.05) is 35.0 Å². The molecule has 0 bridgehead atoms. The van der Waals surface area contributed by atoms with Crippen molar-refractivity contribution in [2.45, 2.75) is 45.4 Å². The van der Waals surface area contributed by atoms with Crippen molar-refractivity contribution in [3.63, 3.8) is 0 Å². The van der Waals surface area contributed by atoms with Crippen LogP contribution < -0.4 is 10.6 Å². The summed E-state index contributed by atoms with van der Waals surface area (Å²) in [6.07, 6.45) is 6.16. The minimum Gasteiger partial charge on any atom is -0.368 e. The van der Waals surface area contributed by atoms with Gasteiger partial charge in [0.15, 0.2) is 5.65 Å². The third kappa shape index (κ3) is 4.23. The van der Waals surface area contributed by atoms with Gasteiger partial charge in [-0.25, -0.2) is 14.6 Å². The second-order valence-electron chi connectivity index (χ2n) is 7.91. The Morgan fingerprint density at radius 3 is 2.62 bits per heavy atom. The summed E-state index contributed by atoms with van der Waals surface area (Å²) in [5.41, 5.74) is 1.75. The molecular weight excluding hydrogens is 364 g/mol. The molecule has 1 aromatic carbocycles. The van der Waals surface area contributed by atoms with Crippen LogP contribution in [-0.4, -0.2) is 38.7 Å². The molecule has 1 fully saturated rings. The molecule has 7 nitrogen and oxygen atoms in total. The molecule has 4 rings (SSSR count). The van der Waals surface area contributed by atoms with Gasteiger partial charge in [0.1, 0.15) is 11.6 Å². The van der Waals surface area contributed by atoms with Crippen LogP contribution in [0, 0.1) is 5.92 Å². The van der Waals surface area contributed by atoms with E-state index in [1.54, 1.807) is 6.20 Å². The van der Waals surface area contributed by atoms with E-state index in [9.17, 15) is 4.79 Å². The molecule has 2 aromatic heterocycles. The van der Waals surface area contributed by atoms with Crippen LogP contribution in [0.5, 0.6) is 0 Å². The van der Waals surface area contributed by atoms with Crippen molar-refractivity contribution in [2.24, 2.45) is 5.92 Å². The van der Waals surface area contributed by atoms with Crippen molar-refractivity contribution in [1.82, 2.24) is 25.1 Å². The second-order valence-corrected chi connectivity index (χ2v) is 7.91. The highest BCUT2D eigenvalue weighted by atomic mass is 16.1. The Kier molecular flexibility index (Phi) is 5.74. The molecule has 1 saturated carbocycles. The zero-order valence-electron chi connectivity index (χ0n) is 17.1. The van der Waals surface area contributed by atoms with E-state index < -0.39 is 0 Å². The van der Waals surface area contributed by atoms with E-state index >= 15 is 0 Å². The molecule has 1 aliphatic rings. The highest BCUT2D eigenvalue weighted by Gasteiger charge is 2.22. The normalized spacial score (nSPS) is 14.6. The van der Waals surface area contributed by atoms with E-state index in [-0.39, 0.29) is 17.7 Å². The first kappa shape index (κ1) is 19.4. The minimum atomic E-state index is 0.178. The van der Waals surface area contributed by atoms with Crippen molar-refractivity contribution in [2.75, 3.05) is 18.4 Å². The number of nitrogens with one attached hydrogen (secondary N) is 2. The first-order valence-corrected chi connectivity index (χ1v) is 10.5. The molecule has 0 unspecified atom stereocenters. The van der Waals surface area contributed by atoms with E-state index in [2.05, 4.69) is 29.6 Å². The van der Waals surface area contributed by atoms with Crippen LogP contribution in [0.25, 0.3) is 16.7 Å². The van der Waals surface area contributed by atoms with Crippen LogP contribution in [0.3, 0.4) is 0 Å². The number of anilines is 1. The maximum atomic E-state index is 12.2. The Hall–Kier alpha value is -2.96. The van der Waals surface area contributed by atoms with Gasteiger partial charge >= 0.3 is 0 Å². The number of hydrogen-bond donors (Lipinski definition) is 2. The van der Waals surface area contributed by atoms with Crippen LogP contribution in [0.4, 0.5) is 5.82 Å². The Morgan fingerprint density at radius 2 is 1.90 bits per heavy atom. The molecule has 0 atom stereocenters. The number of rotatable bonds is 7. The van der Waals surface area contributed by atoms with Gasteiger partial charge in [0.05, 0.1) is 17.3 Å². The predicted octanol–water partition coefficient (Wildman–Crippen LogP) is 3.66. The summed E-state index contributed by atoms with van der Waals surface area (Å²) in [6.45, 7) is 5.34. The smallest absolute Gasteiger partial charge is 0.223 e. The van der Waals surface area contributed by atoms with Gasteiger partial charge in [-0.05, 0) is 25.0 Å². The first-order chi connectivity index (χ1) is 14.1. The average Bonchev–Trinajstić information content (AvgIpc) is 3.41. The van der Waals surface area contributed by atoms with Gasteiger partial charge in [-0.2, -0.15) is 5.10 Å². The van der Waals surface area contributed by atoms with Crippen LogP contribution >= 0.6 is 0 Å². The van der Waals surface area contributed by atoms with Gasteiger partial charge in [-0.15, -0.1) is 0 Å². The lowest BCUT2D eigenvalue weighted by atomic mass is 10.1. The Balaban J connectivity index is 1.52. The molecule has 0 radical (unpaired) electrons. The number of benzene rings is 1. The van der Waals surface area contributed by atoms with Crippen LogP contribution in [0.2, 0.25) is 0 Å². The Morgan fingerprint density at radius 1 is 1.14 bits per heavy atom. The molecule has 0 saturated heterocycles. The molecule has 2 N–H and O–H groups in total. The Bertz CT molecular complexity index is 976. The zero-order valence-corrected chi connectivity index (χ0v) is 17.1. The van der Waals surface area contributed by atoms with Crippen LogP contribution in [-0.2, 0) is 4.79 Å².